The van der Waals surface area contributed by atoms with Gasteiger partial charge in [-0.25, -0.2) is 9.59 Å². The number of hydrogen-bond donors (Lipinski definition) is 5. The number of aromatic carboxylic acids is 2. The van der Waals surface area contributed by atoms with Crippen molar-refractivity contribution in [1.82, 2.24) is 15.0 Å². The van der Waals surface area contributed by atoms with Gasteiger partial charge in [0, 0.05) is 46.7 Å². The van der Waals surface area contributed by atoms with Crippen molar-refractivity contribution in [3.8, 4) is 22.3 Å². The summed E-state index contributed by atoms with van der Waals surface area (Å²) in [7, 11) is 0. The van der Waals surface area contributed by atoms with Crippen LogP contribution in [0.1, 0.15) is 108 Å². The van der Waals surface area contributed by atoms with Gasteiger partial charge in [-0.1, -0.05) is 102 Å². The van der Waals surface area contributed by atoms with Crippen molar-refractivity contribution < 1.29 is 19.8 Å². The molecule has 0 unspecified atom stereocenters. The molecule has 0 fully saturated rings. The first-order valence-electron chi connectivity index (χ1n) is 15.3. The van der Waals surface area contributed by atoms with Gasteiger partial charge in [-0.3, -0.25) is 0 Å². The summed E-state index contributed by atoms with van der Waals surface area (Å²) in [5, 5.41) is 20.0. The van der Waals surface area contributed by atoms with Crippen LogP contribution in [0.2, 0.25) is 0 Å². The summed E-state index contributed by atoms with van der Waals surface area (Å²) >= 11 is 0. The molecular formula is C38H43N3O4. The molecule has 0 bridgehead atoms. The molecule has 0 amide bonds. The summed E-state index contributed by atoms with van der Waals surface area (Å²) in [4.78, 5) is 34.7. The molecule has 45 heavy (non-hydrogen) atoms. The maximum atomic E-state index is 12.2. The van der Waals surface area contributed by atoms with Crippen LogP contribution in [0, 0.1) is 13.8 Å². The Hall–Kier alpha value is -4.78. The summed E-state index contributed by atoms with van der Waals surface area (Å²) in [6.07, 6.45) is 0.919. The Kier molecular flexibility index (Phi) is 8.17. The topological polar surface area (TPSA) is 122 Å². The van der Waals surface area contributed by atoms with Gasteiger partial charge in [-0.05, 0) is 58.1 Å². The fourth-order valence-electron chi connectivity index (χ4n) is 7.11. The molecule has 0 aliphatic heterocycles. The van der Waals surface area contributed by atoms with E-state index in [2.05, 4.69) is 80.8 Å². The zero-order valence-corrected chi connectivity index (χ0v) is 27.4. The molecule has 2 aromatic carbocycles. The van der Waals surface area contributed by atoms with Crippen LogP contribution in [0.5, 0.6) is 0 Å². The third-order valence-electron chi connectivity index (χ3n) is 8.57. The van der Waals surface area contributed by atoms with E-state index in [1.165, 1.54) is 0 Å². The van der Waals surface area contributed by atoms with Crippen molar-refractivity contribution >= 4 is 11.9 Å². The van der Waals surface area contributed by atoms with Gasteiger partial charge in [0.05, 0.1) is 0 Å². The molecule has 5 N–H and O–H groups in total. The van der Waals surface area contributed by atoms with E-state index in [9.17, 15) is 19.8 Å². The quantitative estimate of drug-likeness (QED) is 0.121. The van der Waals surface area contributed by atoms with Crippen LogP contribution in [0.15, 0.2) is 60.7 Å². The lowest BCUT2D eigenvalue weighted by Gasteiger charge is -2.21. The lowest BCUT2D eigenvalue weighted by Crippen LogP contribution is -2.15. The third-order valence-corrected chi connectivity index (χ3v) is 8.57. The van der Waals surface area contributed by atoms with E-state index in [0.29, 0.717) is 12.8 Å². The Morgan fingerprint density at radius 3 is 1.18 bits per heavy atom. The van der Waals surface area contributed by atoms with E-state index in [1.54, 1.807) is 0 Å². The molecular weight excluding hydrogens is 562 g/mol. The summed E-state index contributed by atoms with van der Waals surface area (Å²) in [6, 6.07) is 20.5. The minimum Gasteiger partial charge on any atom is -0.477 e. The molecule has 3 aromatic heterocycles. The Morgan fingerprint density at radius 1 is 0.556 bits per heavy atom. The molecule has 0 saturated carbocycles. The summed E-state index contributed by atoms with van der Waals surface area (Å²) in [5.41, 5.74) is 11.1. The highest BCUT2D eigenvalue weighted by Crippen LogP contribution is 2.42. The second kappa shape index (κ2) is 11.6. The molecule has 0 aliphatic carbocycles. The van der Waals surface area contributed by atoms with Crippen LogP contribution in [0.4, 0.5) is 0 Å². The molecule has 7 heteroatoms. The number of H-pyrrole nitrogens is 3. The monoisotopic (exact) mass is 605 g/mol. The Labute approximate surface area is 264 Å². The minimum atomic E-state index is -0.976. The summed E-state index contributed by atoms with van der Waals surface area (Å²) in [6.45, 7) is 16.4. The summed E-state index contributed by atoms with van der Waals surface area (Å²) < 4.78 is 0. The minimum absolute atomic E-state index is 0.212. The maximum Gasteiger partial charge on any atom is 0.352 e. The van der Waals surface area contributed by atoms with Crippen molar-refractivity contribution in [2.45, 2.75) is 79.1 Å². The van der Waals surface area contributed by atoms with Crippen LogP contribution < -0.4 is 0 Å². The number of rotatable bonds is 8. The number of carboxylic acid groups (broad SMARTS) is 2. The highest BCUT2D eigenvalue weighted by atomic mass is 16.4. The van der Waals surface area contributed by atoms with Gasteiger partial charge in [0.1, 0.15) is 11.4 Å². The van der Waals surface area contributed by atoms with Gasteiger partial charge in [0.25, 0.3) is 0 Å². The third kappa shape index (κ3) is 5.99. The first-order chi connectivity index (χ1) is 21.1. The average molecular weight is 606 g/mol. The Morgan fingerprint density at radius 2 is 0.889 bits per heavy atom. The normalized spacial score (nSPS) is 12.1. The van der Waals surface area contributed by atoms with Gasteiger partial charge in [0.2, 0.25) is 0 Å². The standard InChI is InChI=1S/C38H43N3O4/c1-21-31(37(3,4)5)27(40-33(21)35(42)43)19-25-29(23-15-11-9-12-16-23)30(24-17-13-10-14-18-24)26(39-25)20-28-32(38(6,7)8)22(2)34(41-28)36(44)45/h9-18,39-41H,19-20H2,1-8H3,(H,42,43)(H,44,45). The number of hydrogen-bond acceptors (Lipinski definition) is 2. The van der Waals surface area contributed by atoms with Crippen molar-refractivity contribution in [3.05, 3.63) is 117 Å². The van der Waals surface area contributed by atoms with Crippen molar-refractivity contribution in [2.75, 3.05) is 0 Å². The summed E-state index contributed by atoms with van der Waals surface area (Å²) in [5.74, 6) is -1.95. The SMILES string of the molecule is Cc1c(C(=O)O)[nH]c(Cc2[nH]c(Cc3[nH]c(C(=O)O)c(C)c3C(C)(C)C)c(-c3ccccc3)c2-c2ccccc2)c1C(C)(C)C. The second-order valence-electron chi connectivity index (χ2n) is 14.0. The largest absolute Gasteiger partial charge is 0.477 e. The molecule has 0 saturated heterocycles. The molecule has 5 rings (SSSR count). The van der Waals surface area contributed by atoms with Crippen LogP contribution in [0.3, 0.4) is 0 Å². The van der Waals surface area contributed by atoms with Crippen LogP contribution in [-0.4, -0.2) is 37.1 Å². The molecule has 5 aromatic rings. The number of aromatic nitrogens is 3. The van der Waals surface area contributed by atoms with Crippen molar-refractivity contribution in [2.24, 2.45) is 0 Å². The molecule has 0 radical (unpaired) electrons. The lowest BCUT2D eigenvalue weighted by atomic mass is 9.82. The van der Waals surface area contributed by atoms with E-state index in [0.717, 1.165) is 67.3 Å². The maximum absolute atomic E-state index is 12.2. The van der Waals surface area contributed by atoms with Gasteiger partial charge in [-0.15, -0.1) is 0 Å². The van der Waals surface area contributed by atoms with Crippen LogP contribution >= 0.6 is 0 Å². The molecule has 7 nitrogen and oxygen atoms in total. The first kappa shape index (κ1) is 31.6. The van der Waals surface area contributed by atoms with Gasteiger partial charge in [0.15, 0.2) is 0 Å². The Balaban J connectivity index is 1.80. The molecule has 0 spiro atoms. The van der Waals surface area contributed by atoms with E-state index in [1.807, 2.05) is 50.2 Å². The predicted molar refractivity (Wildman–Crippen MR) is 180 cm³/mol. The second-order valence-corrected chi connectivity index (χ2v) is 14.0. The fourth-order valence-corrected chi connectivity index (χ4v) is 7.11. The molecule has 0 atom stereocenters. The first-order valence-corrected chi connectivity index (χ1v) is 15.3. The number of carboxylic acids is 2. The van der Waals surface area contributed by atoms with Crippen LogP contribution in [-0.2, 0) is 23.7 Å². The van der Waals surface area contributed by atoms with Crippen LogP contribution in [0.25, 0.3) is 22.3 Å². The van der Waals surface area contributed by atoms with Gasteiger partial charge >= 0.3 is 11.9 Å². The fraction of sp³-hybridized carbons (Fsp3) is 0.316. The van der Waals surface area contributed by atoms with E-state index in [-0.39, 0.29) is 22.2 Å². The molecule has 0 aliphatic rings. The number of aromatic amines is 3. The van der Waals surface area contributed by atoms with Gasteiger partial charge < -0.3 is 25.2 Å². The zero-order chi connectivity index (χ0) is 32.8. The van der Waals surface area contributed by atoms with Gasteiger partial charge in [-0.2, -0.15) is 0 Å². The average Bonchev–Trinajstić information content (AvgIpc) is 3.60. The van der Waals surface area contributed by atoms with Crippen molar-refractivity contribution in [1.29, 1.82) is 0 Å². The Bertz CT molecular complexity index is 1740. The predicted octanol–water partition coefficient (Wildman–Crippen LogP) is 8.79. The van der Waals surface area contributed by atoms with Crippen molar-refractivity contribution in [3.63, 3.8) is 0 Å². The lowest BCUT2D eigenvalue weighted by molar-refractivity contribution is 0.0679. The number of nitrogens with one attached hydrogen (secondary N) is 3. The zero-order valence-electron chi connectivity index (χ0n) is 27.4. The molecule has 3 heterocycles. The number of carbonyl (C=O) groups is 2. The van der Waals surface area contributed by atoms with E-state index >= 15 is 0 Å². The number of benzene rings is 2. The van der Waals surface area contributed by atoms with E-state index < -0.39 is 11.9 Å². The van der Waals surface area contributed by atoms with E-state index in [4.69, 9.17) is 0 Å². The molecule has 234 valence electrons. The smallest absolute Gasteiger partial charge is 0.352 e. The highest BCUT2D eigenvalue weighted by molar-refractivity contribution is 5.90. The highest BCUT2D eigenvalue weighted by Gasteiger charge is 2.31.